The fourth-order valence-corrected chi connectivity index (χ4v) is 0. The van der Waals surface area contributed by atoms with Gasteiger partial charge in [-0.1, -0.05) is 0 Å². The molecule has 0 heterocycles. The molecule has 0 aromatic heterocycles. The van der Waals surface area contributed by atoms with Crippen molar-refractivity contribution < 1.29 is 4.86 Å². The van der Waals surface area contributed by atoms with E-state index in [1.54, 1.807) is 6.92 Å². The van der Waals surface area contributed by atoms with E-state index in [-0.39, 0.29) is 11.4 Å². The van der Waals surface area contributed by atoms with Gasteiger partial charge in [-0.25, -0.2) is 0 Å². The molecule has 0 spiro atoms. The zero-order chi connectivity index (χ0) is 4.28. The average molecular weight is 74.1 g/mol. The number of hydroxylamine groups is 1. The largest absolute Gasteiger partial charge is 0.600 e. The number of rotatable bonds is 1. The van der Waals surface area contributed by atoms with Crippen LogP contribution in [-0.2, 0) is 0 Å². The molecule has 3 heteroatoms. The summed E-state index contributed by atoms with van der Waals surface area (Å²) in [6.07, 6.45) is 0. The van der Waals surface area contributed by atoms with E-state index < -0.39 is 0 Å². The van der Waals surface area contributed by atoms with Gasteiger partial charge >= 0.3 is 0 Å². The van der Waals surface area contributed by atoms with Crippen LogP contribution < -0.4 is 0 Å². The fraction of sp³-hybridized carbons (Fsp3) is 1.00. The third-order valence-electron chi connectivity index (χ3n) is 0.287. The summed E-state index contributed by atoms with van der Waals surface area (Å²) in [6.45, 7) is 1.88. The van der Waals surface area contributed by atoms with Crippen molar-refractivity contribution in [1.82, 2.24) is 0 Å². The minimum Gasteiger partial charge on any atom is -0.600 e. The lowest BCUT2D eigenvalue weighted by atomic mass is 10.8. The molecule has 0 radical (unpaired) electrons. The Kier molecular flexibility index (Phi) is 1.49. The molecule has 0 aliphatic rings. The molecule has 0 saturated heterocycles. The van der Waals surface area contributed by atoms with E-state index >= 15 is 0 Å². The minimum absolute atomic E-state index is 0.125. The van der Waals surface area contributed by atoms with Gasteiger partial charge in [0.05, 0.1) is 0 Å². The maximum absolute atomic E-state index is 9.40. The predicted octanol–water partition coefficient (Wildman–Crippen LogP) is 0.548. The van der Waals surface area contributed by atoms with Crippen molar-refractivity contribution in [2.45, 2.75) is 6.92 Å². The summed E-state index contributed by atoms with van der Waals surface area (Å²) in [5.74, 6) is 0. The Balaban J connectivity index is 2.85. The topological polar surface area (TPSA) is 49.9 Å². The Morgan fingerprint density at radius 3 is 2.20 bits per heavy atom. The summed E-state index contributed by atoms with van der Waals surface area (Å²) >= 11 is 0. The van der Waals surface area contributed by atoms with Crippen LogP contribution in [0.3, 0.4) is 0 Å². The molecule has 0 aliphatic heterocycles. The van der Waals surface area contributed by atoms with Gasteiger partial charge in [0.1, 0.15) is 0 Å². The van der Waals surface area contributed by atoms with Gasteiger partial charge in [-0.3, -0.25) is 0 Å². The van der Waals surface area contributed by atoms with Gasteiger partial charge in [0.15, 0.2) is 6.54 Å². The van der Waals surface area contributed by atoms with E-state index in [9.17, 15) is 5.21 Å². The quantitative estimate of drug-likeness (QED) is 0.275. The molecule has 1 N–H and O–H groups in total. The zero-order valence-electron chi connectivity index (χ0n) is 3.06. The molecule has 0 amide bonds. The number of nitrogens with zero attached hydrogens (tertiary/aromatic N) is 1. The third kappa shape index (κ3) is 3.40. The first-order valence-corrected chi connectivity index (χ1v) is 1.43. The second-order valence-corrected chi connectivity index (χ2v) is 0.695. The third-order valence-corrected chi connectivity index (χ3v) is 0.287. The van der Waals surface area contributed by atoms with Gasteiger partial charge in [-0.15, -0.1) is 4.86 Å². The number of hydrogen-bond acceptors (Lipinski definition) is 2. The molecule has 30 valence electrons. The normalized spacial score (nSPS) is 7.40. The maximum Gasteiger partial charge on any atom is 0.177 e. The molecular formula is C2H6N2O. The summed E-state index contributed by atoms with van der Waals surface area (Å²) in [6, 6.07) is 0. The van der Waals surface area contributed by atoms with E-state index in [0.29, 0.717) is 0 Å². The Labute approximate surface area is 30.3 Å². The first-order valence-electron chi connectivity index (χ1n) is 1.43. The van der Waals surface area contributed by atoms with Crippen LogP contribution in [0.4, 0.5) is 0 Å². The van der Waals surface area contributed by atoms with Crippen LogP contribution in [0.5, 0.6) is 0 Å². The van der Waals surface area contributed by atoms with Crippen molar-refractivity contribution in [1.29, 1.82) is 5.53 Å². The Hall–Kier alpha value is -0.600. The van der Waals surface area contributed by atoms with Gasteiger partial charge in [0.25, 0.3) is 0 Å². The Bertz CT molecular complexity index is 42.9. The van der Waals surface area contributed by atoms with Gasteiger partial charge in [-0.05, 0) is 12.5 Å². The minimum atomic E-state index is 0.125. The molecule has 0 fully saturated rings. The highest BCUT2D eigenvalue weighted by Crippen LogP contribution is 1.58. The van der Waals surface area contributed by atoms with E-state index in [0.717, 1.165) is 0 Å². The summed E-state index contributed by atoms with van der Waals surface area (Å²) < 4.78 is 0. The first-order chi connectivity index (χ1) is 2.27. The van der Waals surface area contributed by atoms with E-state index in [1.807, 2.05) is 0 Å². The molecule has 0 aromatic rings. The zero-order valence-corrected chi connectivity index (χ0v) is 3.06. The van der Waals surface area contributed by atoms with Crippen LogP contribution in [0.15, 0.2) is 0 Å². The molecule has 5 heavy (non-hydrogen) atoms. The molecule has 0 rings (SSSR count). The lowest BCUT2D eigenvalue weighted by Gasteiger charge is -1.85. The molecule has 0 unspecified atom stereocenters. The van der Waals surface area contributed by atoms with Crippen LogP contribution in [0.1, 0.15) is 6.92 Å². The second-order valence-electron chi connectivity index (χ2n) is 0.695. The highest BCUT2D eigenvalue weighted by Gasteiger charge is 1.70. The monoisotopic (exact) mass is 74.0 g/mol. The summed E-state index contributed by atoms with van der Waals surface area (Å²) in [7, 11) is 0. The molecule has 0 aromatic carbocycles. The van der Waals surface area contributed by atoms with Gasteiger partial charge in [0.2, 0.25) is 0 Å². The fourth-order valence-electron chi connectivity index (χ4n) is 0. The molecule has 0 atom stereocenters. The van der Waals surface area contributed by atoms with Crippen LogP contribution in [0.25, 0.3) is 0 Å². The smallest absolute Gasteiger partial charge is 0.177 e. The van der Waals surface area contributed by atoms with E-state index in [4.69, 9.17) is 5.53 Å². The Morgan fingerprint density at radius 1 is 2.00 bits per heavy atom. The molecule has 0 aliphatic carbocycles. The van der Waals surface area contributed by atoms with E-state index in [1.165, 1.54) is 0 Å². The first kappa shape index (κ1) is 4.40. The van der Waals surface area contributed by atoms with E-state index in [2.05, 4.69) is 0 Å². The van der Waals surface area contributed by atoms with Crippen LogP contribution in [-0.4, -0.2) is 11.4 Å². The second kappa shape index (κ2) is 1.69. The standard InChI is InChI=1S/C2H6N2O/c1-2-4(3)5/h3H,2H2,1H3. The summed E-state index contributed by atoms with van der Waals surface area (Å²) in [5, 5.41) is 9.40. The van der Waals surface area contributed by atoms with Crippen LogP contribution in [0, 0.1) is 10.7 Å². The maximum atomic E-state index is 9.40. The summed E-state index contributed by atoms with van der Waals surface area (Å²) in [5.41, 5.74) is 6.10. The molecule has 0 saturated carbocycles. The molecule has 3 nitrogen and oxygen atoms in total. The van der Waals surface area contributed by atoms with Crippen LogP contribution >= 0.6 is 0 Å². The van der Waals surface area contributed by atoms with Gasteiger partial charge in [-0.2, -0.15) is 0 Å². The number of nitrogens with one attached hydrogen (secondary N) is 1. The average Bonchev–Trinajstić information content (AvgIpc) is 1.38. The number of hydrogen-bond donors (Lipinski definition) is 1. The highest BCUT2D eigenvalue weighted by atomic mass is 16.5. The lowest BCUT2D eigenvalue weighted by molar-refractivity contribution is -0.548. The van der Waals surface area contributed by atoms with Gasteiger partial charge < -0.3 is 5.21 Å². The highest BCUT2D eigenvalue weighted by molar-refractivity contribution is 3.98. The molecule has 0 bridgehead atoms. The lowest BCUT2D eigenvalue weighted by Crippen LogP contribution is -1.92. The van der Waals surface area contributed by atoms with Crippen LogP contribution in [0.2, 0.25) is 0 Å². The molecular weight excluding hydrogens is 68.0 g/mol. The summed E-state index contributed by atoms with van der Waals surface area (Å²) in [4.78, 5) is 0.125. The van der Waals surface area contributed by atoms with Crippen molar-refractivity contribution in [3.05, 3.63) is 5.21 Å². The van der Waals surface area contributed by atoms with Crippen molar-refractivity contribution in [2.75, 3.05) is 6.54 Å². The van der Waals surface area contributed by atoms with Crippen molar-refractivity contribution >= 4 is 0 Å². The predicted molar refractivity (Wildman–Crippen MR) is 16.9 cm³/mol. The van der Waals surface area contributed by atoms with Crippen molar-refractivity contribution in [3.63, 3.8) is 0 Å². The SMILES string of the molecule is CC[N+](=N)[O-]. The Morgan fingerprint density at radius 2 is 2.20 bits per heavy atom. The van der Waals surface area contributed by atoms with Gasteiger partial charge in [0, 0.05) is 0 Å². The van der Waals surface area contributed by atoms with Crippen molar-refractivity contribution in [2.24, 2.45) is 0 Å². The van der Waals surface area contributed by atoms with Crippen molar-refractivity contribution in [3.8, 4) is 0 Å².